The molecule has 0 bridgehead atoms. The summed E-state index contributed by atoms with van der Waals surface area (Å²) >= 11 is 7.46. The van der Waals surface area contributed by atoms with Gasteiger partial charge in [-0.1, -0.05) is 41.6 Å². The summed E-state index contributed by atoms with van der Waals surface area (Å²) in [4.78, 5) is 0. The molecule has 0 spiro atoms. The van der Waals surface area contributed by atoms with Gasteiger partial charge in [0.2, 0.25) is 0 Å². The number of benzene rings is 2. The van der Waals surface area contributed by atoms with E-state index in [1.165, 1.54) is 11.5 Å². The number of aliphatic hydroxyl groups is 1. The molecule has 0 amide bonds. The number of aromatic nitrogens is 1. The Morgan fingerprint density at radius 3 is 2.76 bits per heavy atom. The van der Waals surface area contributed by atoms with Crippen molar-refractivity contribution in [1.29, 1.82) is 0 Å². The van der Waals surface area contributed by atoms with Gasteiger partial charge in [-0.2, -0.15) is 4.37 Å². The average Bonchev–Trinajstić information content (AvgIpc) is 3.05. The Bertz CT molecular complexity index is 893. The molecule has 0 aliphatic heterocycles. The van der Waals surface area contributed by atoms with E-state index in [9.17, 15) is 0 Å². The van der Waals surface area contributed by atoms with Gasteiger partial charge in [-0.3, -0.25) is 0 Å². The van der Waals surface area contributed by atoms with Crippen molar-refractivity contribution >= 4 is 33.2 Å². The van der Waals surface area contributed by atoms with Crippen molar-refractivity contribution in [2.75, 3.05) is 19.7 Å². The summed E-state index contributed by atoms with van der Waals surface area (Å²) in [6.45, 7) is 1.71. The molecule has 1 heterocycles. The second-order valence-electron chi connectivity index (χ2n) is 5.63. The zero-order chi connectivity index (χ0) is 17.5. The predicted octanol–water partition coefficient (Wildman–Crippen LogP) is 4.33. The van der Waals surface area contributed by atoms with Crippen LogP contribution in [0, 0.1) is 11.8 Å². The molecule has 2 aromatic carbocycles. The van der Waals surface area contributed by atoms with Crippen LogP contribution in [0.3, 0.4) is 0 Å². The quantitative estimate of drug-likeness (QED) is 0.501. The molecule has 3 rings (SSSR count). The van der Waals surface area contributed by atoms with Crippen molar-refractivity contribution in [2.45, 2.75) is 12.8 Å². The van der Waals surface area contributed by atoms with Crippen molar-refractivity contribution < 1.29 is 5.11 Å². The number of hydrogen-bond donors (Lipinski definition) is 2. The highest BCUT2D eigenvalue weighted by atomic mass is 35.5. The first kappa shape index (κ1) is 17.9. The van der Waals surface area contributed by atoms with E-state index in [0.717, 1.165) is 51.3 Å². The number of nitrogens with one attached hydrogen (secondary N) is 1. The van der Waals surface area contributed by atoms with Crippen molar-refractivity contribution in [3.8, 4) is 23.1 Å². The number of aliphatic hydroxyl groups excluding tert-OH is 1. The Morgan fingerprint density at radius 2 is 1.96 bits per heavy atom. The van der Waals surface area contributed by atoms with Crippen LogP contribution in [-0.2, 0) is 0 Å². The van der Waals surface area contributed by atoms with Crippen LogP contribution in [0.4, 0.5) is 0 Å². The second kappa shape index (κ2) is 8.98. The van der Waals surface area contributed by atoms with Gasteiger partial charge < -0.3 is 10.4 Å². The highest BCUT2D eigenvalue weighted by molar-refractivity contribution is 7.13. The third-order valence-corrected chi connectivity index (χ3v) is 4.83. The van der Waals surface area contributed by atoms with Crippen LogP contribution in [-0.4, -0.2) is 29.2 Å². The van der Waals surface area contributed by atoms with Gasteiger partial charge >= 0.3 is 0 Å². The maximum Gasteiger partial charge on any atom is 0.0919 e. The maximum absolute atomic E-state index is 8.69. The summed E-state index contributed by atoms with van der Waals surface area (Å²) in [7, 11) is 0. The van der Waals surface area contributed by atoms with Gasteiger partial charge in [0.15, 0.2) is 0 Å². The van der Waals surface area contributed by atoms with E-state index in [1.807, 2.05) is 30.3 Å². The number of fused-ring (bicyclic) bond motifs is 1. The maximum atomic E-state index is 8.69. The molecule has 0 aliphatic carbocycles. The van der Waals surface area contributed by atoms with Gasteiger partial charge in [-0.15, -0.1) is 0 Å². The normalized spacial score (nSPS) is 10.6. The van der Waals surface area contributed by atoms with E-state index in [0.29, 0.717) is 6.54 Å². The van der Waals surface area contributed by atoms with E-state index in [1.54, 1.807) is 0 Å². The van der Waals surface area contributed by atoms with Crippen LogP contribution in [0.15, 0.2) is 42.5 Å². The first-order valence-corrected chi connectivity index (χ1v) is 9.39. The summed E-state index contributed by atoms with van der Waals surface area (Å²) in [6, 6.07) is 14.0. The van der Waals surface area contributed by atoms with Crippen LogP contribution >= 0.6 is 23.1 Å². The Kier molecular flexibility index (Phi) is 6.43. The van der Waals surface area contributed by atoms with Crippen molar-refractivity contribution in [3.05, 3.63) is 53.1 Å². The van der Waals surface area contributed by atoms with E-state index in [2.05, 4.69) is 33.7 Å². The molecule has 0 aliphatic rings. The first-order chi connectivity index (χ1) is 12.3. The van der Waals surface area contributed by atoms with E-state index >= 15 is 0 Å². The molecular weight excluding hydrogens is 352 g/mol. The molecule has 0 saturated carbocycles. The summed E-state index contributed by atoms with van der Waals surface area (Å²) in [5, 5.41) is 13.7. The highest BCUT2D eigenvalue weighted by Crippen LogP contribution is 2.31. The lowest BCUT2D eigenvalue weighted by Gasteiger charge is -1.99. The van der Waals surface area contributed by atoms with Gasteiger partial charge in [0.1, 0.15) is 0 Å². The molecular formula is C20H19ClN2OS. The molecule has 0 unspecified atom stereocenters. The van der Waals surface area contributed by atoms with Crippen LogP contribution < -0.4 is 5.32 Å². The average molecular weight is 371 g/mol. The van der Waals surface area contributed by atoms with Crippen LogP contribution in [0.5, 0.6) is 0 Å². The molecule has 25 heavy (non-hydrogen) atoms. The Hall–Kier alpha value is -1.90. The van der Waals surface area contributed by atoms with Gasteiger partial charge in [0.25, 0.3) is 0 Å². The Balaban J connectivity index is 1.69. The SMILES string of the molecule is OCCNCCCC#Cc1ccc2c(-c3ccc(Cl)cc3)nsc2c1. The third kappa shape index (κ3) is 4.81. The van der Waals surface area contributed by atoms with Gasteiger partial charge in [0, 0.05) is 34.5 Å². The Labute approximate surface area is 156 Å². The second-order valence-corrected chi connectivity index (χ2v) is 6.87. The Morgan fingerprint density at radius 1 is 1.12 bits per heavy atom. The topological polar surface area (TPSA) is 45.1 Å². The number of unbranched alkanes of at least 4 members (excludes halogenated alkanes) is 1. The van der Waals surface area contributed by atoms with Gasteiger partial charge in [-0.05, 0) is 48.8 Å². The summed E-state index contributed by atoms with van der Waals surface area (Å²) in [5.74, 6) is 6.42. The van der Waals surface area contributed by atoms with Crippen molar-refractivity contribution in [3.63, 3.8) is 0 Å². The minimum absolute atomic E-state index is 0.179. The lowest BCUT2D eigenvalue weighted by molar-refractivity contribution is 0.292. The van der Waals surface area contributed by atoms with Crippen molar-refractivity contribution in [1.82, 2.24) is 9.69 Å². The lowest BCUT2D eigenvalue weighted by Crippen LogP contribution is -2.18. The molecule has 2 N–H and O–H groups in total. The molecule has 5 heteroatoms. The molecule has 0 radical (unpaired) electrons. The molecule has 0 fully saturated rings. The first-order valence-electron chi connectivity index (χ1n) is 8.24. The monoisotopic (exact) mass is 370 g/mol. The van der Waals surface area contributed by atoms with E-state index < -0.39 is 0 Å². The zero-order valence-electron chi connectivity index (χ0n) is 13.8. The lowest BCUT2D eigenvalue weighted by atomic mass is 10.1. The molecule has 0 atom stereocenters. The third-order valence-electron chi connectivity index (χ3n) is 3.77. The minimum Gasteiger partial charge on any atom is -0.395 e. The smallest absolute Gasteiger partial charge is 0.0919 e. The van der Waals surface area contributed by atoms with E-state index in [4.69, 9.17) is 16.7 Å². The molecule has 0 saturated heterocycles. The zero-order valence-corrected chi connectivity index (χ0v) is 15.3. The fraction of sp³-hybridized carbons (Fsp3) is 0.250. The van der Waals surface area contributed by atoms with Crippen LogP contribution in [0.1, 0.15) is 18.4 Å². The largest absolute Gasteiger partial charge is 0.395 e. The highest BCUT2D eigenvalue weighted by Gasteiger charge is 2.08. The fourth-order valence-electron chi connectivity index (χ4n) is 2.50. The van der Waals surface area contributed by atoms with Gasteiger partial charge in [0.05, 0.1) is 17.0 Å². The molecule has 1 aromatic heterocycles. The van der Waals surface area contributed by atoms with Crippen LogP contribution in [0.25, 0.3) is 21.3 Å². The van der Waals surface area contributed by atoms with E-state index in [-0.39, 0.29) is 6.61 Å². The number of nitrogens with zero attached hydrogens (tertiary/aromatic N) is 1. The molecule has 3 nitrogen and oxygen atoms in total. The summed E-state index contributed by atoms with van der Waals surface area (Å²) in [6.07, 6.45) is 1.83. The fourth-order valence-corrected chi connectivity index (χ4v) is 3.46. The van der Waals surface area contributed by atoms with Gasteiger partial charge in [-0.25, -0.2) is 0 Å². The van der Waals surface area contributed by atoms with Crippen LogP contribution in [0.2, 0.25) is 5.02 Å². The number of halogens is 1. The number of rotatable bonds is 6. The number of hydrogen-bond acceptors (Lipinski definition) is 4. The summed E-state index contributed by atoms with van der Waals surface area (Å²) < 4.78 is 5.74. The molecule has 128 valence electrons. The summed E-state index contributed by atoms with van der Waals surface area (Å²) in [5.41, 5.74) is 3.08. The minimum atomic E-state index is 0.179. The predicted molar refractivity (Wildman–Crippen MR) is 106 cm³/mol. The molecule has 3 aromatic rings. The van der Waals surface area contributed by atoms with Crippen molar-refractivity contribution in [2.24, 2.45) is 0 Å². The standard InChI is InChI=1S/C20H19ClN2OS/c21-17-8-6-16(7-9-17)20-18-10-5-15(14-19(18)25-23-20)4-2-1-3-11-22-12-13-24/h5-10,14,22,24H,1,3,11-13H2.